The van der Waals surface area contributed by atoms with Gasteiger partial charge < -0.3 is 19.9 Å². The average molecular weight is 437 g/mol. The van der Waals surface area contributed by atoms with Gasteiger partial charge in [0.05, 0.1) is 24.3 Å². The van der Waals surface area contributed by atoms with Gasteiger partial charge in [-0.3, -0.25) is 4.79 Å². The maximum absolute atomic E-state index is 12.7. The Morgan fingerprint density at radius 1 is 1.13 bits per heavy atom. The van der Waals surface area contributed by atoms with Crippen LogP contribution in [0.1, 0.15) is 40.9 Å². The van der Waals surface area contributed by atoms with E-state index in [0.29, 0.717) is 11.1 Å². The summed E-state index contributed by atoms with van der Waals surface area (Å²) in [6, 6.07) is 8.95. The number of nitrogens with one attached hydrogen (secondary N) is 1. The number of alkyl halides is 3. The van der Waals surface area contributed by atoms with Crippen LogP contribution in [-0.2, 0) is 22.3 Å². The first-order chi connectivity index (χ1) is 14.5. The van der Waals surface area contributed by atoms with Gasteiger partial charge in [-0.25, -0.2) is 4.79 Å². The molecule has 0 saturated heterocycles. The molecular weight excluding hydrogens is 415 g/mol. The quantitative estimate of drug-likeness (QED) is 0.469. The van der Waals surface area contributed by atoms with Crippen molar-refractivity contribution in [3.63, 3.8) is 0 Å². The lowest BCUT2D eigenvalue weighted by Crippen LogP contribution is -2.23. The Morgan fingerprint density at radius 2 is 1.77 bits per heavy atom. The van der Waals surface area contributed by atoms with Gasteiger partial charge in [-0.2, -0.15) is 13.2 Å². The molecule has 9 heteroatoms. The summed E-state index contributed by atoms with van der Waals surface area (Å²) in [7, 11) is 1.38. The molecule has 0 saturated carbocycles. The van der Waals surface area contributed by atoms with Crippen LogP contribution < -0.4 is 10.1 Å². The smallest absolute Gasteiger partial charge is 0.416 e. The first-order valence-electron chi connectivity index (χ1n) is 9.25. The van der Waals surface area contributed by atoms with Crippen LogP contribution in [0, 0.1) is 0 Å². The number of hydrogen-bond acceptors (Lipinski definition) is 4. The first kappa shape index (κ1) is 23.8. The van der Waals surface area contributed by atoms with Crippen LogP contribution in [0.3, 0.4) is 0 Å². The molecule has 1 amide bonds. The zero-order chi connectivity index (χ0) is 23.2. The van der Waals surface area contributed by atoms with E-state index in [9.17, 15) is 27.9 Å². The lowest BCUT2D eigenvalue weighted by atomic mass is 10.1. The number of carboxylic acid groups (broad SMARTS) is 1. The van der Waals surface area contributed by atoms with Gasteiger partial charge in [-0.05, 0) is 55.3 Å². The molecule has 0 spiro atoms. The molecule has 0 heterocycles. The number of methoxy groups -OCH3 is 1. The molecule has 0 aliphatic rings. The lowest BCUT2D eigenvalue weighted by Gasteiger charge is -2.12. The molecule has 2 aromatic rings. The van der Waals surface area contributed by atoms with Crippen molar-refractivity contribution < 1.29 is 37.3 Å². The largest absolute Gasteiger partial charge is 0.496 e. The summed E-state index contributed by atoms with van der Waals surface area (Å²) < 4.78 is 48.4. The van der Waals surface area contributed by atoms with E-state index in [2.05, 4.69) is 5.32 Å². The summed E-state index contributed by atoms with van der Waals surface area (Å²) in [6.07, 6.45) is -3.50. The second-order valence-corrected chi connectivity index (χ2v) is 6.82. The number of hydrogen-bond donors (Lipinski definition) is 2. The van der Waals surface area contributed by atoms with Crippen LogP contribution in [0.4, 0.5) is 13.2 Å². The zero-order valence-corrected chi connectivity index (χ0v) is 17.1. The molecule has 0 aromatic heterocycles. The van der Waals surface area contributed by atoms with Crippen molar-refractivity contribution >= 4 is 18.0 Å². The Kier molecular flexibility index (Phi) is 7.68. The number of carbonyl (C=O) groups is 2. The number of halogens is 3. The molecule has 2 rings (SSSR count). The minimum absolute atomic E-state index is 0.00295. The Labute approximate surface area is 177 Å². The van der Waals surface area contributed by atoms with Crippen molar-refractivity contribution in [3.8, 4) is 5.75 Å². The van der Waals surface area contributed by atoms with Gasteiger partial charge in [-0.1, -0.05) is 18.2 Å². The van der Waals surface area contributed by atoms with Crippen LogP contribution in [0.25, 0.3) is 6.08 Å². The Morgan fingerprint density at radius 3 is 2.29 bits per heavy atom. The van der Waals surface area contributed by atoms with E-state index in [-0.39, 0.29) is 29.7 Å². The molecular formula is C22H22F3NO5. The number of rotatable bonds is 8. The predicted molar refractivity (Wildman–Crippen MR) is 107 cm³/mol. The van der Waals surface area contributed by atoms with Crippen LogP contribution in [-0.4, -0.2) is 30.2 Å². The molecule has 0 fully saturated rings. The summed E-state index contributed by atoms with van der Waals surface area (Å²) in [5, 5.41) is 11.9. The SMILES string of the molecule is COc1ccc(C=C(OC(C)C)C(=O)O)cc1C(=O)NCc1ccc(C(F)(F)F)cc1. The van der Waals surface area contributed by atoms with Crippen molar-refractivity contribution in [2.75, 3.05) is 7.11 Å². The molecule has 31 heavy (non-hydrogen) atoms. The third-order valence-electron chi connectivity index (χ3n) is 4.07. The number of carboxylic acids is 1. The van der Waals surface area contributed by atoms with E-state index in [4.69, 9.17) is 9.47 Å². The van der Waals surface area contributed by atoms with Crippen LogP contribution in [0.2, 0.25) is 0 Å². The molecule has 0 atom stereocenters. The number of benzene rings is 2. The molecule has 2 N–H and O–H groups in total. The Balaban J connectivity index is 2.21. The van der Waals surface area contributed by atoms with E-state index in [1.807, 2.05) is 0 Å². The summed E-state index contributed by atoms with van der Waals surface area (Å²) in [5.74, 6) is -1.81. The highest BCUT2D eigenvalue weighted by atomic mass is 19.4. The molecule has 6 nitrogen and oxygen atoms in total. The Bertz CT molecular complexity index is 966. The molecule has 0 unspecified atom stereocenters. The molecule has 0 radical (unpaired) electrons. The lowest BCUT2D eigenvalue weighted by molar-refractivity contribution is -0.138. The maximum atomic E-state index is 12.7. The molecule has 0 bridgehead atoms. The van der Waals surface area contributed by atoms with Crippen molar-refractivity contribution in [2.45, 2.75) is 32.7 Å². The van der Waals surface area contributed by atoms with E-state index in [1.54, 1.807) is 19.9 Å². The van der Waals surface area contributed by atoms with Gasteiger partial charge in [0.1, 0.15) is 5.75 Å². The number of ether oxygens (including phenoxy) is 2. The van der Waals surface area contributed by atoms with Crippen molar-refractivity contribution in [1.82, 2.24) is 5.32 Å². The molecule has 0 aliphatic heterocycles. The van der Waals surface area contributed by atoms with Gasteiger partial charge in [-0.15, -0.1) is 0 Å². The fourth-order valence-electron chi connectivity index (χ4n) is 2.63. The minimum atomic E-state index is -4.43. The zero-order valence-electron chi connectivity index (χ0n) is 17.1. The summed E-state index contributed by atoms with van der Waals surface area (Å²) in [6.45, 7) is 3.37. The molecule has 0 aliphatic carbocycles. The molecule has 166 valence electrons. The van der Waals surface area contributed by atoms with E-state index in [1.165, 1.54) is 37.5 Å². The normalized spacial score (nSPS) is 11.9. The van der Waals surface area contributed by atoms with Crippen LogP contribution in [0.5, 0.6) is 5.75 Å². The minimum Gasteiger partial charge on any atom is -0.496 e. The summed E-state index contributed by atoms with van der Waals surface area (Å²) >= 11 is 0. The van der Waals surface area contributed by atoms with Crippen molar-refractivity contribution in [2.24, 2.45) is 0 Å². The maximum Gasteiger partial charge on any atom is 0.416 e. The number of aliphatic carboxylic acids is 1. The fourth-order valence-corrected chi connectivity index (χ4v) is 2.63. The highest BCUT2D eigenvalue weighted by molar-refractivity contribution is 5.98. The average Bonchev–Trinajstić information content (AvgIpc) is 2.70. The summed E-state index contributed by atoms with van der Waals surface area (Å²) in [4.78, 5) is 24.0. The topological polar surface area (TPSA) is 84.9 Å². The third kappa shape index (κ3) is 6.77. The van der Waals surface area contributed by atoms with E-state index in [0.717, 1.165) is 12.1 Å². The van der Waals surface area contributed by atoms with Gasteiger partial charge >= 0.3 is 12.1 Å². The van der Waals surface area contributed by atoms with Gasteiger partial charge in [0.15, 0.2) is 0 Å². The third-order valence-corrected chi connectivity index (χ3v) is 4.07. The van der Waals surface area contributed by atoms with Gasteiger partial charge in [0, 0.05) is 6.54 Å². The van der Waals surface area contributed by atoms with Gasteiger partial charge in [0.25, 0.3) is 5.91 Å². The van der Waals surface area contributed by atoms with Crippen molar-refractivity contribution in [1.29, 1.82) is 0 Å². The second kappa shape index (κ2) is 10.0. The van der Waals surface area contributed by atoms with Crippen LogP contribution in [0.15, 0.2) is 48.2 Å². The van der Waals surface area contributed by atoms with E-state index < -0.39 is 23.6 Å². The standard InChI is InChI=1S/C22H22F3NO5/c1-13(2)31-19(21(28)29)11-15-6-9-18(30-3)17(10-15)20(27)26-12-14-4-7-16(8-5-14)22(23,24)25/h4-11,13H,12H2,1-3H3,(H,26,27)(H,28,29). The Hall–Kier alpha value is -3.49. The van der Waals surface area contributed by atoms with Crippen LogP contribution >= 0.6 is 0 Å². The first-order valence-corrected chi connectivity index (χ1v) is 9.25. The predicted octanol–water partition coefficient (Wildman–Crippen LogP) is 4.49. The number of amides is 1. The fraction of sp³-hybridized carbons (Fsp3) is 0.273. The van der Waals surface area contributed by atoms with Crippen molar-refractivity contribution in [3.05, 3.63) is 70.5 Å². The summed E-state index contributed by atoms with van der Waals surface area (Å²) in [5.41, 5.74) is 0.243. The molecule has 2 aromatic carbocycles. The monoisotopic (exact) mass is 437 g/mol. The highest BCUT2D eigenvalue weighted by Gasteiger charge is 2.29. The van der Waals surface area contributed by atoms with Gasteiger partial charge in [0.2, 0.25) is 5.76 Å². The van der Waals surface area contributed by atoms with E-state index >= 15 is 0 Å². The second-order valence-electron chi connectivity index (χ2n) is 6.82. The highest BCUT2D eigenvalue weighted by Crippen LogP contribution is 2.29. The number of carbonyl (C=O) groups excluding carboxylic acids is 1.